The highest BCUT2D eigenvalue weighted by atomic mass is 19.1. The smallest absolute Gasteiger partial charge is 0.131 e. The molecule has 0 spiro atoms. The van der Waals surface area contributed by atoms with Crippen molar-refractivity contribution < 1.29 is 8.78 Å². The molecule has 0 heterocycles. The fourth-order valence-electron chi connectivity index (χ4n) is 3.67. The Morgan fingerprint density at radius 1 is 0.586 bits per heavy atom. The summed E-state index contributed by atoms with van der Waals surface area (Å²) in [6.07, 6.45) is 8.83. The summed E-state index contributed by atoms with van der Waals surface area (Å²) in [5.74, 6) is -0.349. The second kappa shape index (κ2) is 10.9. The third-order valence-electron chi connectivity index (χ3n) is 5.48. The molecule has 3 aromatic rings. The van der Waals surface area contributed by atoms with Gasteiger partial charge < -0.3 is 0 Å². The first kappa shape index (κ1) is 21.2. The number of unbranched alkanes of at least 4 members (excludes halogenated alkanes) is 4. The molecule has 0 nitrogen and oxygen atoms in total. The van der Waals surface area contributed by atoms with Gasteiger partial charge in [-0.2, -0.15) is 0 Å². The quantitative estimate of drug-likeness (QED) is 0.307. The zero-order valence-corrected chi connectivity index (χ0v) is 17.3. The van der Waals surface area contributed by atoms with Crippen LogP contribution in [0.15, 0.2) is 66.7 Å². The number of aryl methyl sites for hydroxylation is 3. The molecule has 0 unspecified atom stereocenters. The van der Waals surface area contributed by atoms with Crippen molar-refractivity contribution in [3.8, 4) is 11.1 Å². The van der Waals surface area contributed by atoms with Gasteiger partial charge in [0.2, 0.25) is 0 Å². The Morgan fingerprint density at radius 2 is 1.17 bits per heavy atom. The van der Waals surface area contributed by atoms with Crippen molar-refractivity contribution in [2.75, 3.05) is 0 Å². The zero-order valence-electron chi connectivity index (χ0n) is 17.3. The molecule has 0 aliphatic carbocycles. The Kier molecular flexibility index (Phi) is 7.98. The Bertz CT molecular complexity index is 879. The lowest BCUT2D eigenvalue weighted by Crippen LogP contribution is -1.93. The Balaban J connectivity index is 1.56. The van der Waals surface area contributed by atoms with E-state index in [1.807, 2.05) is 30.3 Å². The van der Waals surface area contributed by atoms with Crippen molar-refractivity contribution in [1.82, 2.24) is 0 Å². The topological polar surface area (TPSA) is 0 Å². The predicted octanol–water partition coefficient (Wildman–Crippen LogP) is 7.93. The van der Waals surface area contributed by atoms with Crippen LogP contribution < -0.4 is 0 Å². The van der Waals surface area contributed by atoms with Crippen LogP contribution in [0.5, 0.6) is 0 Å². The number of hydrogen-bond acceptors (Lipinski definition) is 0. The van der Waals surface area contributed by atoms with E-state index in [4.69, 9.17) is 0 Å². The van der Waals surface area contributed by atoms with Crippen molar-refractivity contribution in [1.29, 1.82) is 0 Å². The maximum Gasteiger partial charge on any atom is 0.131 e. The van der Waals surface area contributed by atoms with Gasteiger partial charge in [0, 0.05) is 5.56 Å². The summed E-state index contributed by atoms with van der Waals surface area (Å²) in [5.41, 5.74) is 4.96. The van der Waals surface area contributed by atoms with Crippen LogP contribution in [0.2, 0.25) is 0 Å². The molecule has 0 saturated heterocycles. The summed E-state index contributed by atoms with van der Waals surface area (Å²) < 4.78 is 27.6. The number of hydrogen-bond donors (Lipinski definition) is 0. The van der Waals surface area contributed by atoms with Crippen molar-refractivity contribution in [2.45, 2.75) is 58.3 Å². The monoisotopic (exact) mass is 392 g/mol. The van der Waals surface area contributed by atoms with Crippen LogP contribution in [0.1, 0.15) is 55.7 Å². The van der Waals surface area contributed by atoms with E-state index < -0.39 is 0 Å². The van der Waals surface area contributed by atoms with E-state index in [0.717, 1.165) is 42.4 Å². The molecule has 0 aliphatic rings. The van der Waals surface area contributed by atoms with E-state index in [0.29, 0.717) is 5.56 Å². The molecule has 0 aliphatic heterocycles. The normalized spacial score (nSPS) is 11.0. The maximum absolute atomic E-state index is 14.6. The highest BCUT2D eigenvalue weighted by Gasteiger charge is 2.07. The first-order valence-corrected chi connectivity index (χ1v) is 10.8. The van der Waals surface area contributed by atoms with E-state index >= 15 is 0 Å². The van der Waals surface area contributed by atoms with Crippen molar-refractivity contribution in [3.05, 3.63) is 95.1 Å². The lowest BCUT2D eigenvalue weighted by atomic mass is 9.98. The lowest BCUT2D eigenvalue weighted by Gasteiger charge is -2.08. The Labute approximate surface area is 173 Å². The van der Waals surface area contributed by atoms with Crippen molar-refractivity contribution >= 4 is 0 Å². The van der Waals surface area contributed by atoms with Crippen LogP contribution in [0, 0.1) is 11.6 Å². The summed E-state index contributed by atoms with van der Waals surface area (Å²) >= 11 is 0. The second-order valence-corrected chi connectivity index (χ2v) is 7.80. The van der Waals surface area contributed by atoms with Gasteiger partial charge in [0.1, 0.15) is 11.6 Å². The molecule has 0 radical (unpaired) electrons. The van der Waals surface area contributed by atoms with E-state index in [1.165, 1.54) is 43.4 Å². The zero-order chi connectivity index (χ0) is 20.5. The highest BCUT2D eigenvalue weighted by Crippen LogP contribution is 2.25. The van der Waals surface area contributed by atoms with Crippen LogP contribution in [-0.2, 0) is 19.3 Å². The van der Waals surface area contributed by atoms with E-state index in [9.17, 15) is 8.78 Å². The van der Waals surface area contributed by atoms with E-state index in [2.05, 4.69) is 25.1 Å². The van der Waals surface area contributed by atoms with E-state index in [-0.39, 0.29) is 11.6 Å². The third kappa shape index (κ3) is 6.52. The molecule has 3 aromatic carbocycles. The summed E-state index contributed by atoms with van der Waals surface area (Å²) in [6, 6.07) is 20.4. The predicted molar refractivity (Wildman–Crippen MR) is 118 cm³/mol. The molecule has 0 fully saturated rings. The molecule has 3 rings (SSSR count). The van der Waals surface area contributed by atoms with Crippen LogP contribution in [0.25, 0.3) is 11.1 Å². The molecule has 29 heavy (non-hydrogen) atoms. The minimum absolute atomic E-state index is 0.143. The van der Waals surface area contributed by atoms with Gasteiger partial charge in [-0.1, -0.05) is 81.1 Å². The maximum atomic E-state index is 14.6. The third-order valence-corrected chi connectivity index (χ3v) is 5.48. The number of benzene rings is 3. The first-order valence-electron chi connectivity index (χ1n) is 10.8. The van der Waals surface area contributed by atoms with Gasteiger partial charge in [-0.15, -0.1) is 0 Å². The minimum atomic E-state index is -0.206. The van der Waals surface area contributed by atoms with Crippen molar-refractivity contribution in [3.63, 3.8) is 0 Å². The van der Waals surface area contributed by atoms with Crippen LogP contribution in [0.3, 0.4) is 0 Å². The molecule has 0 amide bonds. The molecule has 2 heteroatoms. The SMILES string of the molecule is CCCCCCCc1ccc(-c2ccc(CCc3ccc(F)cc3)cc2)c(F)c1. The molecule has 0 N–H and O–H groups in total. The summed E-state index contributed by atoms with van der Waals surface area (Å²) in [6.45, 7) is 2.21. The van der Waals surface area contributed by atoms with Crippen LogP contribution >= 0.6 is 0 Å². The fraction of sp³-hybridized carbons (Fsp3) is 0.333. The Hall–Kier alpha value is -2.48. The molecule has 152 valence electrons. The van der Waals surface area contributed by atoms with Crippen LogP contribution in [-0.4, -0.2) is 0 Å². The van der Waals surface area contributed by atoms with Crippen molar-refractivity contribution in [2.24, 2.45) is 0 Å². The second-order valence-electron chi connectivity index (χ2n) is 7.80. The first-order chi connectivity index (χ1) is 14.2. The van der Waals surface area contributed by atoms with Gasteiger partial charge in [-0.05, 0) is 66.1 Å². The molecule has 0 saturated carbocycles. The summed E-state index contributed by atoms with van der Waals surface area (Å²) in [4.78, 5) is 0. The number of halogens is 2. The van der Waals surface area contributed by atoms with Gasteiger partial charge in [-0.25, -0.2) is 8.78 Å². The van der Waals surface area contributed by atoms with Gasteiger partial charge in [-0.3, -0.25) is 0 Å². The molecule has 0 bridgehead atoms. The molecular weight excluding hydrogens is 362 g/mol. The van der Waals surface area contributed by atoms with E-state index in [1.54, 1.807) is 6.07 Å². The largest absolute Gasteiger partial charge is 0.207 e. The van der Waals surface area contributed by atoms with Gasteiger partial charge in [0.15, 0.2) is 0 Å². The fourth-order valence-corrected chi connectivity index (χ4v) is 3.67. The van der Waals surface area contributed by atoms with Crippen LogP contribution in [0.4, 0.5) is 8.78 Å². The number of rotatable bonds is 10. The molecular formula is C27H30F2. The van der Waals surface area contributed by atoms with Gasteiger partial charge >= 0.3 is 0 Å². The average Bonchev–Trinajstić information content (AvgIpc) is 2.74. The van der Waals surface area contributed by atoms with Gasteiger partial charge in [0.05, 0.1) is 0 Å². The summed E-state index contributed by atoms with van der Waals surface area (Å²) in [5, 5.41) is 0. The minimum Gasteiger partial charge on any atom is -0.207 e. The average molecular weight is 393 g/mol. The standard InChI is InChI=1S/C27H30F2/c1-2-3-4-5-6-7-23-14-19-26(27(29)20-23)24-15-10-21(11-16-24)8-9-22-12-17-25(28)18-13-22/h10-20H,2-9H2,1H3. The lowest BCUT2D eigenvalue weighted by molar-refractivity contribution is 0.618. The Morgan fingerprint density at radius 3 is 1.79 bits per heavy atom. The molecule has 0 atom stereocenters. The summed E-state index contributed by atoms with van der Waals surface area (Å²) in [7, 11) is 0. The molecule has 0 aromatic heterocycles. The van der Waals surface area contributed by atoms with Gasteiger partial charge in [0.25, 0.3) is 0 Å². The highest BCUT2D eigenvalue weighted by molar-refractivity contribution is 5.64.